The molecule has 18 heavy (non-hydrogen) atoms. The number of aliphatic carboxylic acids is 2. The molecule has 3 N–H and O–H groups in total. The van der Waals surface area contributed by atoms with E-state index in [0.717, 1.165) is 12.1 Å². The molecule has 0 bridgehead atoms. The van der Waals surface area contributed by atoms with E-state index >= 15 is 0 Å². The molecular formula is C10H9NO7. The van der Waals surface area contributed by atoms with Crippen LogP contribution in [0.5, 0.6) is 5.75 Å². The molecular weight excluding hydrogens is 246 g/mol. The lowest BCUT2D eigenvalue weighted by Crippen LogP contribution is -2.25. The average Bonchev–Trinajstić information content (AvgIpc) is 2.26. The van der Waals surface area contributed by atoms with Gasteiger partial charge in [-0.2, -0.15) is 0 Å². The van der Waals surface area contributed by atoms with Crippen LogP contribution in [0, 0.1) is 16.0 Å². The molecule has 1 rings (SSSR count). The van der Waals surface area contributed by atoms with Crippen LogP contribution >= 0.6 is 0 Å². The third-order valence-corrected chi connectivity index (χ3v) is 2.27. The van der Waals surface area contributed by atoms with Gasteiger partial charge in [0.1, 0.15) is 0 Å². The number of hydrogen-bond donors (Lipinski definition) is 3. The molecule has 0 saturated carbocycles. The van der Waals surface area contributed by atoms with Crippen molar-refractivity contribution in [2.24, 2.45) is 5.92 Å². The van der Waals surface area contributed by atoms with Gasteiger partial charge in [0.15, 0.2) is 11.7 Å². The number of hydrogen-bond acceptors (Lipinski definition) is 5. The number of carbonyl (C=O) groups is 2. The van der Waals surface area contributed by atoms with Crippen LogP contribution in [0.4, 0.5) is 5.69 Å². The molecule has 0 amide bonds. The number of phenols is 1. The fraction of sp³-hybridized carbons (Fsp3) is 0.200. The van der Waals surface area contributed by atoms with Crippen molar-refractivity contribution in [2.75, 3.05) is 0 Å². The van der Waals surface area contributed by atoms with Gasteiger partial charge in [-0.15, -0.1) is 0 Å². The minimum absolute atomic E-state index is 0.148. The largest absolute Gasteiger partial charge is 0.502 e. The quantitative estimate of drug-likeness (QED) is 0.398. The Labute approximate surface area is 100 Å². The fourth-order valence-corrected chi connectivity index (χ4v) is 1.36. The lowest BCUT2D eigenvalue weighted by Gasteiger charge is -2.07. The van der Waals surface area contributed by atoms with Crippen molar-refractivity contribution >= 4 is 17.6 Å². The van der Waals surface area contributed by atoms with Gasteiger partial charge in [0.05, 0.1) is 4.92 Å². The van der Waals surface area contributed by atoms with Gasteiger partial charge in [-0.3, -0.25) is 19.7 Å². The Kier molecular flexibility index (Phi) is 3.82. The van der Waals surface area contributed by atoms with E-state index < -0.39 is 40.6 Å². The minimum Gasteiger partial charge on any atom is -0.502 e. The van der Waals surface area contributed by atoms with Gasteiger partial charge in [0, 0.05) is 6.07 Å². The van der Waals surface area contributed by atoms with Gasteiger partial charge in [-0.05, 0) is 18.1 Å². The Balaban J connectivity index is 3.04. The molecule has 0 heterocycles. The molecule has 0 unspecified atom stereocenters. The molecule has 0 aliphatic rings. The van der Waals surface area contributed by atoms with Gasteiger partial charge in [0.2, 0.25) is 0 Å². The average molecular weight is 255 g/mol. The van der Waals surface area contributed by atoms with E-state index in [1.165, 1.54) is 6.07 Å². The number of aromatic hydroxyl groups is 1. The van der Waals surface area contributed by atoms with E-state index in [1.54, 1.807) is 0 Å². The second-order valence-electron chi connectivity index (χ2n) is 3.51. The van der Waals surface area contributed by atoms with Crippen LogP contribution in [0.3, 0.4) is 0 Å². The van der Waals surface area contributed by atoms with E-state index in [0.29, 0.717) is 0 Å². The van der Waals surface area contributed by atoms with Crippen LogP contribution in [-0.2, 0) is 16.0 Å². The maximum absolute atomic E-state index is 10.7. The zero-order valence-corrected chi connectivity index (χ0v) is 8.94. The Morgan fingerprint density at radius 1 is 1.28 bits per heavy atom. The molecule has 0 fully saturated rings. The summed E-state index contributed by atoms with van der Waals surface area (Å²) in [7, 11) is 0. The number of nitro benzene ring substituents is 1. The molecule has 0 atom stereocenters. The Morgan fingerprint density at radius 2 is 1.83 bits per heavy atom. The van der Waals surface area contributed by atoms with Gasteiger partial charge >= 0.3 is 17.6 Å². The van der Waals surface area contributed by atoms with Crippen LogP contribution in [-0.4, -0.2) is 32.2 Å². The molecule has 0 aliphatic carbocycles. The van der Waals surface area contributed by atoms with Crippen molar-refractivity contribution < 1.29 is 29.8 Å². The van der Waals surface area contributed by atoms with Crippen LogP contribution in [0.1, 0.15) is 5.56 Å². The zero-order chi connectivity index (χ0) is 13.9. The molecule has 8 nitrogen and oxygen atoms in total. The number of carboxylic acid groups (broad SMARTS) is 2. The third-order valence-electron chi connectivity index (χ3n) is 2.27. The first kappa shape index (κ1) is 13.4. The van der Waals surface area contributed by atoms with Gasteiger partial charge in [-0.25, -0.2) is 0 Å². The molecule has 96 valence electrons. The molecule has 0 aliphatic heterocycles. The molecule has 8 heteroatoms. The highest BCUT2D eigenvalue weighted by Crippen LogP contribution is 2.27. The summed E-state index contributed by atoms with van der Waals surface area (Å²) in [5.74, 6) is -5.31. The normalized spacial score (nSPS) is 10.3. The van der Waals surface area contributed by atoms with Crippen molar-refractivity contribution in [1.82, 2.24) is 0 Å². The third kappa shape index (κ3) is 2.94. The van der Waals surface area contributed by atoms with E-state index in [2.05, 4.69) is 0 Å². The van der Waals surface area contributed by atoms with Gasteiger partial charge in [0.25, 0.3) is 0 Å². The van der Waals surface area contributed by atoms with E-state index in [1.807, 2.05) is 0 Å². The van der Waals surface area contributed by atoms with E-state index in [-0.39, 0.29) is 5.56 Å². The molecule has 1 aromatic carbocycles. The number of phenolic OH excluding ortho intramolecular Hbond substituents is 1. The van der Waals surface area contributed by atoms with Crippen LogP contribution in [0.2, 0.25) is 0 Å². The molecule has 0 aromatic heterocycles. The van der Waals surface area contributed by atoms with Crippen molar-refractivity contribution in [1.29, 1.82) is 0 Å². The topological polar surface area (TPSA) is 138 Å². The van der Waals surface area contributed by atoms with Crippen molar-refractivity contribution in [3.05, 3.63) is 33.9 Å². The lowest BCUT2D eigenvalue weighted by molar-refractivity contribution is -0.385. The predicted octanol–water partition coefficient (Wildman–Crippen LogP) is 0.628. The van der Waals surface area contributed by atoms with Crippen molar-refractivity contribution in [2.45, 2.75) is 6.42 Å². The predicted molar refractivity (Wildman–Crippen MR) is 57.2 cm³/mol. The Morgan fingerprint density at radius 3 is 2.28 bits per heavy atom. The summed E-state index contributed by atoms with van der Waals surface area (Å²) in [5, 5.41) is 37.1. The monoisotopic (exact) mass is 255 g/mol. The SMILES string of the molecule is O=C(O)C(Cc1ccc(O)c([N+](=O)[O-])c1)C(=O)O. The number of nitrogens with zero attached hydrogens (tertiary/aromatic N) is 1. The summed E-state index contributed by atoms with van der Waals surface area (Å²) >= 11 is 0. The zero-order valence-electron chi connectivity index (χ0n) is 8.94. The van der Waals surface area contributed by atoms with Gasteiger partial charge in [-0.1, -0.05) is 6.07 Å². The molecule has 0 radical (unpaired) electrons. The Bertz CT molecular complexity index is 497. The lowest BCUT2D eigenvalue weighted by atomic mass is 9.99. The van der Waals surface area contributed by atoms with Crippen LogP contribution in [0.25, 0.3) is 0 Å². The smallest absolute Gasteiger partial charge is 0.318 e. The van der Waals surface area contributed by atoms with Crippen LogP contribution in [0.15, 0.2) is 18.2 Å². The van der Waals surface area contributed by atoms with E-state index in [4.69, 9.17) is 10.2 Å². The minimum atomic E-state index is -1.69. The number of benzene rings is 1. The second-order valence-corrected chi connectivity index (χ2v) is 3.51. The number of carboxylic acids is 2. The number of rotatable bonds is 5. The molecule has 0 spiro atoms. The first-order valence-corrected chi connectivity index (χ1v) is 4.75. The number of nitro groups is 1. The molecule has 0 saturated heterocycles. The summed E-state index contributed by atoms with van der Waals surface area (Å²) in [6.07, 6.45) is -0.397. The standard InChI is InChI=1S/C10H9NO7/c12-8-2-1-5(4-7(8)11(17)18)3-6(9(13)14)10(15)16/h1-2,4,6,12H,3H2,(H,13,14)(H,15,16). The Hall–Kier alpha value is -2.64. The highest BCUT2D eigenvalue weighted by Gasteiger charge is 2.27. The van der Waals surface area contributed by atoms with E-state index in [9.17, 15) is 24.8 Å². The van der Waals surface area contributed by atoms with Gasteiger partial charge < -0.3 is 15.3 Å². The summed E-state index contributed by atoms with van der Waals surface area (Å²) in [6.45, 7) is 0. The molecule has 1 aromatic rings. The summed E-state index contributed by atoms with van der Waals surface area (Å²) in [6, 6.07) is 3.21. The fourth-order valence-electron chi connectivity index (χ4n) is 1.36. The second kappa shape index (κ2) is 5.13. The highest BCUT2D eigenvalue weighted by molar-refractivity contribution is 5.93. The summed E-state index contributed by atoms with van der Waals surface area (Å²) < 4.78 is 0. The van der Waals surface area contributed by atoms with Crippen molar-refractivity contribution in [3.63, 3.8) is 0 Å². The maximum Gasteiger partial charge on any atom is 0.318 e. The summed E-state index contributed by atoms with van der Waals surface area (Å²) in [5.41, 5.74) is -0.448. The van der Waals surface area contributed by atoms with Crippen molar-refractivity contribution in [3.8, 4) is 5.75 Å². The first-order valence-electron chi connectivity index (χ1n) is 4.75. The highest BCUT2D eigenvalue weighted by atomic mass is 16.6. The summed E-state index contributed by atoms with van der Waals surface area (Å²) in [4.78, 5) is 31.0. The maximum atomic E-state index is 10.7. The first-order chi connectivity index (χ1) is 8.32. The van der Waals surface area contributed by atoms with Crippen LogP contribution < -0.4 is 0 Å².